The Hall–Kier alpha value is -1.58. The molecule has 0 spiro atoms. The number of rotatable bonds is 5. The van der Waals surface area contributed by atoms with Crippen LogP contribution in [0.2, 0.25) is 0 Å². The van der Waals surface area contributed by atoms with Gasteiger partial charge in [0, 0.05) is 0 Å². The van der Waals surface area contributed by atoms with Gasteiger partial charge in [-0.2, -0.15) is 0 Å². The normalized spacial score (nSPS) is 19.2. The predicted molar refractivity (Wildman–Crippen MR) is 63.2 cm³/mol. The van der Waals surface area contributed by atoms with Crippen molar-refractivity contribution in [2.45, 2.75) is 25.7 Å². The van der Waals surface area contributed by atoms with E-state index in [1.165, 1.54) is 14.2 Å². The summed E-state index contributed by atoms with van der Waals surface area (Å²) < 4.78 is 9.23. The number of methoxy groups -OCH3 is 2. The van der Waals surface area contributed by atoms with Gasteiger partial charge in [0.05, 0.1) is 27.1 Å². The second-order valence-corrected chi connectivity index (χ2v) is 3.92. The minimum absolute atomic E-state index is 0.202. The summed E-state index contributed by atoms with van der Waals surface area (Å²) in [5.74, 6) is -0.325. The molecule has 0 radical (unpaired) electrons. The largest absolute Gasteiger partial charge is 0.469 e. The van der Waals surface area contributed by atoms with Gasteiger partial charge in [0.25, 0.3) is 0 Å². The molecule has 0 N–H and O–H groups in total. The highest BCUT2D eigenvalue weighted by molar-refractivity contribution is 5.74. The van der Waals surface area contributed by atoms with Gasteiger partial charge in [-0.15, -0.1) is 0 Å². The third-order valence-electron chi connectivity index (χ3n) is 2.82. The maximum Gasteiger partial charge on any atom is 0.309 e. The first-order valence-corrected chi connectivity index (χ1v) is 5.66. The Morgan fingerprint density at radius 1 is 1.29 bits per heavy atom. The maximum atomic E-state index is 11.3. The fourth-order valence-corrected chi connectivity index (χ4v) is 1.83. The van der Waals surface area contributed by atoms with Gasteiger partial charge in [0.1, 0.15) is 0 Å². The summed E-state index contributed by atoms with van der Waals surface area (Å²) in [4.78, 5) is 22.4. The Balaban J connectivity index is 2.67. The summed E-state index contributed by atoms with van der Waals surface area (Å²) in [6.45, 7) is 0. The van der Waals surface area contributed by atoms with Crippen LogP contribution in [0.3, 0.4) is 0 Å². The van der Waals surface area contributed by atoms with Gasteiger partial charge in [-0.25, -0.2) is 0 Å². The molecule has 0 aromatic rings. The number of hydrogen-bond donors (Lipinski definition) is 0. The average Bonchev–Trinajstić information content (AvgIpc) is 2.87. The Morgan fingerprint density at radius 2 is 2.00 bits per heavy atom. The summed E-state index contributed by atoms with van der Waals surface area (Å²) in [6.07, 6.45) is 8.39. The molecule has 1 aliphatic rings. The molecule has 4 nitrogen and oxygen atoms in total. The van der Waals surface area contributed by atoms with Crippen LogP contribution in [0.5, 0.6) is 0 Å². The number of carbonyl (C=O) groups is 2. The number of carbonyl (C=O) groups excluding carboxylic acids is 2. The Bertz CT molecular complexity index is 341. The second kappa shape index (κ2) is 6.89. The average molecular weight is 238 g/mol. The molecule has 1 rings (SSSR count). The summed E-state index contributed by atoms with van der Waals surface area (Å²) >= 11 is 0. The first-order valence-electron chi connectivity index (χ1n) is 5.66. The molecule has 1 unspecified atom stereocenters. The van der Waals surface area contributed by atoms with Crippen molar-refractivity contribution in [2.24, 2.45) is 5.92 Å². The minimum Gasteiger partial charge on any atom is -0.469 e. The van der Waals surface area contributed by atoms with E-state index in [-0.39, 0.29) is 30.7 Å². The van der Waals surface area contributed by atoms with E-state index in [9.17, 15) is 9.59 Å². The van der Waals surface area contributed by atoms with Gasteiger partial charge >= 0.3 is 11.9 Å². The molecular weight excluding hydrogens is 220 g/mol. The number of esters is 2. The smallest absolute Gasteiger partial charge is 0.309 e. The topological polar surface area (TPSA) is 52.6 Å². The molecule has 0 fully saturated rings. The number of ether oxygens (including phenoxy) is 2. The van der Waals surface area contributed by atoms with Crippen LogP contribution in [-0.2, 0) is 19.1 Å². The first-order chi connectivity index (χ1) is 8.17. The SMILES string of the molecule is COC(=O)C/C=C(/CC(=O)OC)C1C=CCC1. The molecule has 0 bridgehead atoms. The van der Waals surface area contributed by atoms with E-state index in [2.05, 4.69) is 21.6 Å². The van der Waals surface area contributed by atoms with Crippen LogP contribution in [-0.4, -0.2) is 26.2 Å². The van der Waals surface area contributed by atoms with Crippen molar-refractivity contribution in [3.05, 3.63) is 23.8 Å². The van der Waals surface area contributed by atoms with Crippen LogP contribution in [0.4, 0.5) is 0 Å². The fraction of sp³-hybridized carbons (Fsp3) is 0.538. The van der Waals surface area contributed by atoms with Crippen molar-refractivity contribution in [3.63, 3.8) is 0 Å². The van der Waals surface area contributed by atoms with E-state index in [1.54, 1.807) is 6.08 Å². The van der Waals surface area contributed by atoms with Crippen LogP contribution in [0.25, 0.3) is 0 Å². The van der Waals surface area contributed by atoms with Gasteiger partial charge in [-0.1, -0.05) is 23.8 Å². The third kappa shape index (κ3) is 4.43. The van der Waals surface area contributed by atoms with Gasteiger partial charge in [0.15, 0.2) is 0 Å². The van der Waals surface area contributed by atoms with Gasteiger partial charge in [-0.3, -0.25) is 9.59 Å². The molecular formula is C13H18O4. The van der Waals surface area contributed by atoms with E-state index in [4.69, 9.17) is 0 Å². The molecule has 94 valence electrons. The molecule has 0 saturated heterocycles. The fourth-order valence-electron chi connectivity index (χ4n) is 1.83. The monoisotopic (exact) mass is 238 g/mol. The lowest BCUT2D eigenvalue weighted by molar-refractivity contribution is -0.141. The zero-order chi connectivity index (χ0) is 12.7. The summed E-state index contributed by atoms with van der Waals surface area (Å²) in [5, 5.41) is 0. The van der Waals surface area contributed by atoms with Crippen molar-refractivity contribution < 1.29 is 19.1 Å². The molecule has 0 aliphatic heterocycles. The molecule has 0 aromatic heterocycles. The predicted octanol–water partition coefficient (Wildman–Crippen LogP) is 2.01. The van der Waals surface area contributed by atoms with Crippen LogP contribution in [0, 0.1) is 5.92 Å². The van der Waals surface area contributed by atoms with Crippen molar-refractivity contribution in [1.29, 1.82) is 0 Å². The molecule has 0 heterocycles. The highest BCUT2D eigenvalue weighted by atomic mass is 16.5. The van der Waals surface area contributed by atoms with E-state index < -0.39 is 0 Å². The van der Waals surface area contributed by atoms with Crippen LogP contribution < -0.4 is 0 Å². The zero-order valence-corrected chi connectivity index (χ0v) is 10.3. The highest BCUT2D eigenvalue weighted by Crippen LogP contribution is 2.27. The van der Waals surface area contributed by atoms with Crippen LogP contribution in [0.15, 0.2) is 23.8 Å². The van der Waals surface area contributed by atoms with E-state index in [0.717, 1.165) is 18.4 Å². The highest BCUT2D eigenvalue weighted by Gasteiger charge is 2.18. The van der Waals surface area contributed by atoms with E-state index >= 15 is 0 Å². The van der Waals surface area contributed by atoms with Crippen molar-refractivity contribution in [1.82, 2.24) is 0 Å². The van der Waals surface area contributed by atoms with E-state index in [0.29, 0.717) is 0 Å². The second-order valence-electron chi connectivity index (χ2n) is 3.92. The number of hydrogen-bond acceptors (Lipinski definition) is 4. The standard InChI is InChI=1S/C13H18O4/c1-16-12(14)8-7-11(9-13(15)17-2)10-5-3-4-6-10/h3,5,7,10H,4,6,8-9H2,1-2H3/b11-7-. The number of allylic oxidation sites excluding steroid dienone is 2. The molecule has 1 atom stereocenters. The quantitative estimate of drug-likeness (QED) is 0.543. The lowest BCUT2D eigenvalue weighted by atomic mass is 9.94. The zero-order valence-electron chi connectivity index (χ0n) is 10.3. The van der Waals surface area contributed by atoms with Crippen molar-refractivity contribution in [2.75, 3.05) is 14.2 Å². The van der Waals surface area contributed by atoms with Gasteiger partial charge in [-0.05, 0) is 18.8 Å². The van der Waals surface area contributed by atoms with Crippen LogP contribution >= 0.6 is 0 Å². The lowest BCUT2D eigenvalue weighted by Crippen LogP contribution is -2.08. The Labute approximate surface area is 101 Å². The van der Waals surface area contributed by atoms with Gasteiger partial charge in [0.2, 0.25) is 0 Å². The van der Waals surface area contributed by atoms with Crippen LogP contribution in [0.1, 0.15) is 25.7 Å². The molecule has 1 aliphatic carbocycles. The molecule has 0 saturated carbocycles. The minimum atomic E-state index is -0.297. The van der Waals surface area contributed by atoms with Crippen molar-refractivity contribution >= 4 is 11.9 Å². The lowest BCUT2D eigenvalue weighted by Gasteiger charge is -2.12. The Kier molecular flexibility index (Phi) is 5.46. The molecule has 4 heteroatoms. The van der Waals surface area contributed by atoms with E-state index in [1.807, 2.05) is 0 Å². The molecule has 17 heavy (non-hydrogen) atoms. The third-order valence-corrected chi connectivity index (χ3v) is 2.82. The van der Waals surface area contributed by atoms with Crippen molar-refractivity contribution in [3.8, 4) is 0 Å². The first kappa shape index (κ1) is 13.5. The summed E-state index contributed by atoms with van der Waals surface area (Å²) in [7, 11) is 2.72. The molecule has 0 aromatic carbocycles. The Morgan fingerprint density at radius 3 is 2.53 bits per heavy atom. The summed E-state index contributed by atoms with van der Waals surface area (Å²) in [6, 6.07) is 0. The summed E-state index contributed by atoms with van der Waals surface area (Å²) in [5.41, 5.74) is 0.941. The maximum absolute atomic E-state index is 11.3. The van der Waals surface area contributed by atoms with Gasteiger partial charge < -0.3 is 9.47 Å². The molecule has 0 amide bonds.